The zero-order chi connectivity index (χ0) is 18.9. The van der Waals surface area contributed by atoms with Crippen LogP contribution in [0.15, 0.2) is 53.5 Å². The molecule has 6 heteroatoms. The minimum absolute atomic E-state index is 0.228. The Balaban J connectivity index is 1.54. The Morgan fingerprint density at radius 3 is 2.52 bits per heavy atom. The lowest BCUT2D eigenvalue weighted by molar-refractivity contribution is 0.0341. The van der Waals surface area contributed by atoms with E-state index < -0.39 is 0 Å². The molecule has 3 rings (SSSR count). The van der Waals surface area contributed by atoms with E-state index in [4.69, 9.17) is 4.74 Å². The van der Waals surface area contributed by atoms with Gasteiger partial charge in [-0.15, -0.1) is 0 Å². The SMILES string of the molecule is CN=C(NCc1cccc(F)c1)NCc1ccccc1CN1CCOCC1. The zero-order valence-corrected chi connectivity index (χ0v) is 15.7. The summed E-state index contributed by atoms with van der Waals surface area (Å²) < 4.78 is 18.7. The average Bonchev–Trinajstić information content (AvgIpc) is 2.70. The number of hydrogen-bond acceptors (Lipinski definition) is 3. The highest BCUT2D eigenvalue weighted by Gasteiger charge is 2.12. The second kappa shape index (κ2) is 10.0. The van der Waals surface area contributed by atoms with Gasteiger partial charge in [-0.3, -0.25) is 9.89 Å². The quantitative estimate of drug-likeness (QED) is 0.606. The first-order valence-corrected chi connectivity index (χ1v) is 9.30. The number of nitrogens with zero attached hydrogens (tertiary/aromatic N) is 2. The van der Waals surface area contributed by atoms with Crippen molar-refractivity contribution in [3.8, 4) is 0 Å². The summed E-state index contributed by atoms with van der Waals surface area (Å²) in [5.74, 6) is 0.467. The molecule has 0 radical (unpaired) electrons. The standard InChI is InChI=1S/C21H27FN4O/c1-23-21(24-14-17-5-4-8-20(22)13-17)25-15-18-6-2-3-7-19(18)16-26-9-11-27-12-10-26/h2-8,13H,9-12,14-16H2,1H3,(H2,23,24,25). The normalized spacial score (nSPS) is 15.6. The van der Waals surface area contributed by atoms with Crippen molar-refractivity contribution >= 4 is 5.96 Å². The van der Waals surface area contributed by atoms with Crippen LogP contribution in [0.25, 0.3) is 0 Å². The van der Waals surface area contributed by atoms with Gasteiger partial charge in [0, 0.05) is 39.8 Å². The van der Waals surface area contributed by atoms with E-state index in [2.05, 4.69) is 44.8 Å². The highest BCUT2D eigenvalue weighted by atomic mass is 19.1. The largest absolute Gasteiger partial charge is 0.379 e. The monoisotopic (exact) mass is 370 g/mol. The Morgan fingerprint density at radius 1 is 1.04 bits per heavy atom. The van der Waals surface area contributed by atoms with Gasteiger partial charge in [0.1, 0.15) is 5.82 Å². The van der Waals surface area contributed by atoms with Crippen LogP contribution in [0, 0.1) is 5.82 Å². The minimum atomic E-state index is -0.228. The van der Waals surface area contributed by atoms with Crippen LogP contribution in [-0.2, 0) is 24.4 Å². The van der Waals surface area contributed by atoms with Crippen LogP contribution in [0.5, 0.6) is 0 Å². The highest BCUT2D eigenvalue weighted by molar-refractivity contribution is 5.79. The Kier molecular flexibility index (Phi) is 7.19. The fraction of sp³-hybridized carbons (Fsp3) is 0.381. The summed E-state index contributed by atoms with van der Waals surface area (Å²) >= 11 is 0. The molecule has 144 valence electrons. The third-order valence-electron chi connectivity index (χ3n) is 4.63. The number of hydrogen-bond donors (Lipinski definition) is 2. The lowest BCUT2D eigenvalue weighted by Gasteiger charge is -2.27. The summed E-state index contributed by atoms with van der Waals surface area (Å²) in [6, 6.07) is 15.0. The molecule has 1 aliphatic rings. The third-order valence-corrected chi connectivity index (χ3v) is 4.63. The molecule has 0 aromatic heterocycles. The number of benzene rings is 2. The van der Waals surface area contributed by atoms with Gasteiger partial charge in [-0.2, -0.15) is 0 Å². The Bertz CT molecular complexity index is 759. The predicted octanol–water partition coefficient (Wildman–Crippen LogP) is 2.52. The maximum atomic E-state index is 13.3. The first kappa shape index (κ1) is 19.3. The molecule has 1 fully saturated rings. The van der Waals surface area contributed by atoms with E-state index in [1.165, 1.54) is 23.3 Å². The average molecular weight is 370 g/mol. The van der Waals surface area contributed by atoms with Crippen LogP contribution in [-0.4, -0.2) is 44.2 Å². The van der Waals surface area contributed by atoms with Crippen molar-refractivity contribution in [3.63, 3.8) is 0 Å². The van der Waals surface area contributed by atoms with Gasteiger partial charge in [0.15, 0.2) is 5.96 Å². The van der Waals surface area contributed by atoms with Gasteiger partial charge in [-0.05, 0) is 28.8 Å². The van der Waals surface area contributed by atoms with Crippen LogP contribution in [0.3, 0.4) is 0 Å². The second-order valence-corrected chi connectivity index (χ2v) is 6.57. The molecule has 0 atom stereocenters. The van der Waals surface area contributed by atoms with Crippen LogP contribution < -0.4 is 10.6 Å². The van der Waals surface area contributed by atoms with Crippen molar-refractivity contribution in [3.05, 3.63) is 71.0 Å². The lowest BCUT2D eigenvalue weighted by atomic mass is 10.1. The van der Waals surface area contributed by atoms with E-state index in [0.29, 0.717) is 19.0 Å². The number of nitrogens with one attached hydrogen (secondary N) is 2. The van der Waals surface area contributed by atoms with Gasteiger partial charge in [0.2, 0.25) is 0 Å². The molecule has 27 heavy (non-hydrogen) atoms. The fourth-order valence-corrected chi connectivity index (χ4v) is 3.12. The van der Waals surface area contributed by atoms with Crippen molar-refractivity contribution in [2.24, 2.45) is 4.99 Å². The highest BCUT2D eigenvalue weighted by Crippen LogP contribution is 2.13. The predicted molar refractivity (Wildman–Crippen MR) is 106 cm³/mol. The first-order valence-electron chi connectivity index (χ1n) is 9.30. The van der Waals surface area contributed by atoms with Gasteiger partial charge >= 0.3 is 0 Å². The van der Waals surface area contributed by atoms with Crippen molar-refractivity contribution in [2.45, 2.75) is 19.6 Å². The van der Waals surface area contributed by atoms with Crippen LogP contribution >= 0.6 is 0 Å². The van der Waals surface area contributed by atoms with Crippen molar-refractivity contribution in [2.75, 3.05) is 33.4 Å². The molecule has 0 saturated carbocycles. The number of guanidine groups is 1. The molecule has 1 saturated heterocycles. The van der Waals surface area contributed by atoms with Crippen LogP contribution in [0.1, 0.15) is 16.7 Å². The molecule has 2 N–H and O–H groups in total. The zero-order valence-electron chi connectivity index (χ0n) is 15.7. The van der Waals surface area contributed by atoms with Gasteiger partial charge in [-0.1, -0.05) is 36.4 Å². The van der Waals surface area contributed by atoms with E-state index in [1.54, 1.807) is 13.1 Å². The molecule has 1 heterocycles. The van der Waals surface area contributed by atoms with Crippen molar-refractivity contribution < 1.29 is 9.13 Å². The first-order chi connectivity index (χ1) is 13.2. The van der Waals surface area contributed by atoms with E-state index in [1.807, 2.05) is 6.07 Å². The number of rotatable bonds is 6. The topological polar surface area (TPSA) is 48.9 Å². The van der Waals surface area contributed by atoms with Gasteiger partial charge in [0.05, 0.1) is 13.2 Å². The number of aliphatic imine (C=N–C) groups is 1. The summed E-state index contributed by atoms with van der Waals surface area (Å²) in [5, 5.41) is 6.58. The molecule has 0 amide bonds. The Hall–Kier alpha value is -2.44. The summed E-state index contributed by atoms with van der Waals surface area (Å²) in [4.78, 5) is 6.68. The van der Waals surface area contributed by atoms with E-state index in [9.17, 15) is 4.39 Å². The van der Waals surface area contributed by atoms with Gasteiger partial charge in [-0.25, -0.2) is 4.39 Å². The second-order valence-electron chi connectivity index (χ2n) is 6.57. The number of ether oxygens (including phenoxy) is 1. The molecule has 0 spiro atoms. The lowest BCUT2D eigenvalue weighted by Crippen LogP contribution is -2.37. The summed E-state index contributed by atoms with van der Waals surface area (Å²) in [6.07, 6.45) is 0. The summed E-state index contributed by atoms with van der Waals surface area (Å²) in [6.45, 7) is 5.68. The fourth-order valence-electron chi connectivity index (χ4n) is 3.12. The molecule has 1 aliphatic heterocycles. The van der Waals surface area contributed by atoms with E-state index in [-0.39, 0.29) is 5.82 Å². The molecular weight excluding hydrogens is 343 g/mol. The Morgan fingerprint density at radius 2 is 1.78 bits per heavy atom. The maximum Gasteiger partial charge on any atom is 0.191 e. The summed E-state index contributed by atoms with van der Waals surface area (Å²) in [5.41, 5.74) is 3.44. The molecule has 2 aromatic rings. The molecule has 5 nitrogen and oxygen atoms in total. The van der Waals surface area contributed by atoms with E-state index in [0.717, 1.165) is 38.4 Å². The number of morpholine rings is 1. The molecule has 0 unspecified atom stereocenters. The van der Waals surface area contributed by atoms with Gasteiger partial charge < -0.3 is 15.4 Å². The van der Waals surface area contributed by atoms with Crippen molar-refractivity contribution in [1.82, 2.24) is 15.5 Å². The molecule has 0 bridgehead atoms. The third kappa shape index (κ3) is 6.05. The number of halogens is 1. The smallest absolute Gasteiger partial charge is 0.191 e. The molecular formula is C21H27FN4O. The van der Waals surface area contributed by atoms with Gasteiger partial charge in [0.25, 0.3) is 0 Å². The summed E-state index contributed by atoms with van der Waals surface area (Å²) in [7, 11) is 1.74. The van der Waals surface area contributed by atoms with Crippen LogP contribution in [0.4, 0.5) is 4.39 Å². The van der Waals surface area contributed by atoms with Crippen molar-refractivity contribution in [1.29, 1.82) is 0 Å². The molecule has 2 aromatic carbocycles. The maximum absolute atomic E-state index is 13.3. The van der Waals surface area contributed by atoms with E-state index >= 15 is 0 Å². The molecule has 0 aliphatic carbocycles. The minimum Gasteiger partial charge on any atom is -0.379 e. The Labute approximate surface area is 160 Å². The van der Waals surface area contributed by atoms with Crippen LogP contribution in [0.2, 0.25) is 0 Å².